The van der Waals surface area contributed by atoms with E-state index in [9.17, 15) is 9.59 Å². The van der Waals surface area contributed by atoms with Crippen LogP contribution in [0.25, 0.3) is 11.0 Å². The fraction of sp³-hybridized carbons (Fsp3) is 0.500. The molecule has 0 bridgehead atoms. The van der Waals surface area contributed by atoms with Crippen LogP contribution < -0.4 is 5.32 Å². The molecule has 25 heavy (non-hydrogen) atoms. The lowest BCUT2D eigenvalue weighted by molar-refractivity contribution is -0.130. The molecular weight excluding hydrogens is 316 g/mol. The van der Waals surface area contributed by atoms with Gasteiger partial charge in [0.1, 0.15) is 11.3 Å². The van der Waals surface area contributed by atoms with Crippen LogP contribution in [0.2, 0.25) is 0 Å². The zero-order valence-electron chi connectivity index (χ0n) is 15.1. The summed E-state index contributed by atoms with van der Waals surface area (Å²) in [4.78, 5) is 26.7. The third-order valence-corrected chi connectivity index (χ3v) is 5.14. The second-order valence-electron chi connectivity index (χ2n) is 6.83. The van der Waals surface area contributed by atoms with E-state index in [-0.39, 0.29) is 29.8 Å². The summed E-state index contributed by atoms with van der Waals surface area (Å²) in [6.45, 7) is 6.59. The number of nitrogens with one attached hydrogen (secondary N) is 1. The number of furan rings is 1. The first kappa shape index (κ1) is 17.5. The van der Waals surface area contributed by atoms with Gasteiger partial charge in [0.05, 0.1) is 12.0 Å². The number of carbonyl (C=O) groups is 2. The predicted molar refractivity (Wildman–Crippen MR) is 97.0 cm³/mol. The number of rotatable bonds is 6. The Bertz CT molecular complexity index is 730. The van der Waals surface area contributed by atoms with Crippen molar-refractivity contribution in [2.75, 3.05) is 6.54 Å². The van der Waals surface area contributed by atoms with Crippen LogP contribution in [0.5, 0.6) is 0 Å². The summed E-state index contributed by atoms with van der Waals surface area (Å²) in [5.41, 5.74) is 0.814. The molecule has 2 amide bonds. The SMILES string of the molecule is CCC(CC)N1CC(C(=O)NC(C)c2cc3ccccc3o2)CC1=O. The Morgan fingerprint density at radius 2 is 2.04 bits per heavy atom. The topological polar surface area (TPSA) is 62.6 Å². The highest BCUT2D eigenvalue weighted by Crippen LogP contribution is 2.26. The maximum Gasteiger partial charge on any atom is 0.226 e. The van der Waals surface area contributed by atoms with Crippen molar-refractivity contribution in [3.63, 3.8) is 0 Å². The third-order valence-electron chi connectivity index (χ3n) is 5.14. The molecule has 5 nitrogen and oxygen atoms in total. The summed E-state index contributed by atoms with van der Waals surface area (Å²) >= 11 is 0. The molecule has 134 valence electrons. The van der Waals surface area contributed by atoms with Gasteiger partial charge >= 0.3 is 0 Å². The molecule has 2 aromatic rings. The summed E-state index contributed by atoms with van der Waals surface area (Å²) in [7, 11) is 0. The van der Waals surface area contributed by atoms with Gasteiger partial charge in [-0.3, -0.25) is 9.59 Å². The average molecular weight is 342 g/mol. The summed E-state index contributed by atoms with van der Waals surface area (Å²) in [5.74, 6) is 0.468. The number of para-hydroxylation sites is 1. The minimum Gasteiger partial charge on any atom is -0.459 e. The average Bonchev–Trinajstić information content (AvgIpc) is 3.20. The fourth-order valence-corrected chi connectivity index (χ4v) is 3.61. The van der Waals surface area contributed by atoms with Gasteiger partial charge in [-0.1, -0.05) is 32.0 Å². The predicted octanol–water partition coefficient (Wildman–Crippen LogP) is 3.65. The molecule has 5 heteroatoms. The Balaban J connectivity index is 1.64. The van der Waals surface area contributed by atoms with Gasteiger partial charge in [0.15, 0.2) is 0 Å². The van der Waals surface area contributed by atoms with Gasteiger partial charge in [-0.15, -0.1) is 0 Å². The Labute approximate surface area is 148 Å². The molecule has 1 fully saturated rings. The minimum absolute atomic E-state index is 0.0743. The van der Waals surface area contributed by atoms with Gasteiger partial charge in [0, 0.05) is 24.4 Å². The lowest BCUT2D eigenvalue weighted by atomic mass is 10.1. The molecule has 1 aliphatic heterocycles. The number of fused-ring (bicyclic) bond motifs is 1. The zero-order valence-corrected chi connectivity index (χ0v) is 15.1. The first-order valence-corrected chi connectivity index (χ1v) is 9.11. The Morgan fingerprint density at radius 3 is 2.72 bits per heavy atom. The van der Waals surface area contributed by atoms with E-state index in [1.807, 2.05) is 42.2 Å². The first-order chi connectivity index (χ1) is 12.0. The van der Waals surface area contributed by atoms with Crippen molar-refractivity contribution in [3.8, 4) is 0 Å². The highest BCUT2D eigenvalue weighted by molar-refractivity contribution is 5.89. The van der Waals surface area contributed by atoms with Crippen LogP contribution in [-0.4, -0.2) is 29.3 Å². The van der Waals surface area contributed by atoms with Crippen LogP contribution in [-0.2, 0) is 9.59 Å². The van der Waals surface area contributed by atoms with Crippen molar-refractivity contribution in [1.82, 2.24) is 10.2 Å². The number of amides is 2. The number of hydrogen-bond acceptors (Lipinski definition) is 3. The lowest BCUT2D eigenvalue weighted by Crippen LogP contribution is -2.38. The number of hydrogen-bond donors (Lipinski definition) is 1. The van der Waals surface area contributed by atoms with Crippen molar-refractivity contribution in [3.05, 3.63) is 36.1 Å². The van der Waals surface area contributed by atoms with Gasteiger partial charge in [-0.2, -0.15) is 0 Å². The third kappa shape index (κ3) is 3.55. The summed E-state index contributed by atoms with van der Waals surface area (Å²) in [6, 6.07) is 9.75. The van der Waals surface area contributed by atoms with Gasteiger partial charge < -0.3 is 14.6 Å². The minimum atomic E-state index is -0.278. The van der Waals surface area contributed by atoms with E-state index in [0.717, 1.165) is 29.6 Å². The normalized spacial score (nSPS) is 19.0. The highest BCUT2D eigenvalue weighted by Gasteiger charge is 2.37. The number of carbonyl (C=O) groups excluding carboxylic acids is 2. The van der Waals surface area contributed by atoms with E-state index in [2.05, 4.69) is 19.2 Å². The molecule has 1 aliphatic rings. The van der Waals surface area contributed by atoms with Gasteiger partial charge in [0.2, 0.25) is 11.8 Å². The monoisotopic (exact) mass is 342 g/mol. The molecule has 2 heterocycles. The van der Waals surface area contributed by atoms with Crippen LogP contribution in [0.3, 0.4) is 0 Å². The quantitative estimate of drug-likeness (QED) is 0.871. The smallest absolute Gasteiger partial charge is 0.226 e. The van der Waals surface area contributed by atoms with E-state index in [1.54, 1.807) is 0 Å². The van der Waals surface area contributed by atoms with Crippen molar-refractivity contribution in [2.24, 2.45) is 5.92 Å². The Hall–Kier alpha value is -2.30. The van der Waals surface area contributed by atoms with Crippen LogP contribution in [0.1, 0.15) is 51.8 Å². The van der Waals surface area contributed by atoms with E-state index >= 15 is 0 Å². The molecule has 1 aromatic heterocycles. The van der Waals surface area contributed by atoms with Crippen molar-refractivity contribution in [1.29, 1.82) is 0 Å². The van der Waals surface area contributed by atoms with Crippen LogP contribution in [0, 0.1) is 5.92 Å². The molecule has 1 N–H and O–H groups in total. The van der Waals surface area contributed by atoms with Crippen molar-refractivity contribution < 1.29 is 14.0 Å². The van der Waals surface area contributed by atoms with Crippen molar-refractivity contribution in [2.45, 2.75) is 52.1 Å². The molecule has 0 spiro atoms. The molecule has 3 rings (SSSR count). The molecule has 2 atom stereocenters. The van der Waals surface area contributed by atoms with Gasteiger partial charge in [-0.25, -0.2) is 0 Å². The standard InChI is InChI=1S/C20H26N2O3/c1-4-16(5-2)22-12-15(11-19(22)23)20(24)21-13(3)18-10-14-8-6-7-9-17(14)25-18/h6-10,13,15-16H,4-5,11-12H2,1-3H3,(H,21,24). The molecular formula is C20H26N2O3. The molecule has 1 aromatic carbocycles. The second kappa shape index (κ2) is 7.30. The van der Waals surface area contributed by atoms with E-state index in [1.165, 1.54) is 0 Å². The van der Waals surface area contributed by atoms with Gasteiger partial charge in [0.25, 0.3) is 0 Å². The van der Waals surface area contributed by atoms with Crippen LogP contribution in [0.4, 0.5) is 0 Å². The number of likely N-dealkylation sites (tertiary alicyclic amines) is 1. The molecule has 2 unspecified atom stereocenters. The summed E-state index contributed by atoms with van der Waals surface area (Å²) in [5, 5.41) is 4.03. The maximum atomic E-state index is 12.6. The van der Waals surface area contributed by atoms with Crippen LogP contribution >= 0.6 is 0 Å². The molecule has 0 radical (unpaired) electrons. The zero-order chi connectivity index (χ0) is 18.0. The van der Waals surface area contributed by atoms with E-state index < -0.39 is 0 Å². The lowest BCUT2D eigenvalue weighted by Gasteiger charge is -2.26. The van der Waals surface area contributed by atoms with Gasteiger partial charge in [-0.05, 0) is 31.9 Å². The molecule has 1 saturated heterocycles. The highest BCUT2D eigenvalue weighted by atomic mass is 16.3. The van der Waals surface area contributed by atoms with Crippen LogP contribution in [0.15, 0.2) is 34.7 Å². The largest absolute Gasteiger partial charge is 0.459 e. The fourth-order valence-electron chi connectivity index (χ4n) is 3.61. The Kier molecular flexibility index (Phi) is 5.11. The summed E-state index contributed by atoms with van der Waals surface area (Å²) < 4.78 is 5.82. The molecule has 0 aliphatic carbocycles. The summed E-state index contributed by atoms with van der Waals surface area (Å²) in [6.07, 6.45) is 2.15. The van der Waals surface area contributed by atoms with Crippen molar-refractivity contribution >= 4 is 22.8 Å². The number of benzene rings is 1. The van der Waals surface area contributed by atoms with E-state index in [0.29, 0.717) is 13.0 Å². The first-order valence-electron chi connectivity index (χ1n) is 9.11. The Morgan fingerprint density at radius 1 is 1.32 bits per heavy atom. The number of nitrogens with zero attached hydrogens (tertiary/aromatic N) is 1. The maximum absolute atomic E-state index is 12.6. The second-order valence-corrected chi connectivity index (χ2v) is 6.83. The van der Waals surface area contributed by atoms with E-state index in [4.69, 9.17) is 4.42 Å². The molecule has 0 saturated carbocycles.